The van der Waals surface area contributed by atoms with Crippen LogP contribution in [0.25, 0.3) is 0 Å². The Kier molecular flexibility index (Phi) is 6.42. The van der Waals surface area contributed by atoms with Crippen LogP contribution in [0, 0.1) is 0 Å². The van der Waals surface area contributed by atoms with Gasteiger partial charge < -0.3 is 15.4 Å². The Hall–Kier alpha value is -0.610. The standard InChI is InChI=1S/C12H24N2O2/c1-3-4-10(2)14-12(15)9-13-11-5-7-16-8-6-11/h10-11,13H,3-9H2,1-2H3,(H,14,15). The zero-order chi connectivity index (χ0) is 11.8. The number of ether oxygens (including phenoxy) is 1. The van der Waals surface area contributed by atoms with E-state index in [0.29, 0.717) is 12.6 Å². The summed E-state index contributed by atoms with van der Waals surface area (Å²) in [7, 11) is 0. The first-order chi connectivity index (χ1) is 7.72. The highest BCUT2D eigenvalue weighted by atomic mass is 16.5. The Balaban J connectivity index is 2.09. The van der Waals surface area contributed by atoms with Crippen LogP contribution in [0.5, 0.6) is 0 Å². The van der Waals surface area contributed by atoms with E-state index in [0.717, 1.165) is 38.9 Å². The van der Waals surface area contributed by atoms with Crippen LogP contribution < -0.4 is 10.6 Å². The molecular weight excluding hydrogens is 204 g/mol. The summed E-state index contributed by atoms with van der Waals surface area (Å²) in [5.74, 6) is 0.104. The van der Waals surface area contributed by atoms with Crippen LogP contribution in [0.4, 0.5) is 0 Å². The second-order valence-corrected chi connectivity index (χ2v) is 4.52. The first-order valence-corrected chi connectivity index (χ1v) is 6.33. The number of hydrogen-bond acceptors (Lipinski definition) is 3. The summed E-state index contributed by atoms with van der Waals surface area (Å²) < 4.78 is 5.26. The van der Waals surface area contributed by atoms with E-state index in [4.69, 9.17) is 4.74 Å². The molecule has 1 unspecified atom stereocenters. The summed E-state index contributed by atoms with van der Waals surface area (Å²) >= 11 is 0. The average Bonchev–Trinajstić information content (AvgIpc) is 2.28. The van der Waals surface area contributed by atoms with Crippen LogP contribution >= 0.6 is 0 Å². The predicted octanol–water partition coefficient (Wildman–Crippen LogP) is 1.06. The van der Waals surface area contributed by atoms with E-state index >= 15 is 0 Å². The van der Waals surface area contributed by atoms with Crippen LogP contribution in [0.15, 0.2) is 0 Å². The van der Waals surface area contributed by atoms with E-state index in [9.17, 15) is 4.79 Å². The smallest absolute Gasteiger partial charge is 0.234 e. The van der Waals surface area contributed by atoms with Gasteiger partial charge >= 0.3 is 0 Å². The molecule has 0 spiro atoms. The molecule has 0 aromatic heterocycles. The number of amides is 1. The summed E-state index contributed by atoms with van der Waals surface area (Å²) in [6, 6.07) is 0.731. The molecule has 1 aliphatic rings. The molecule has 2 N–H and O–H groups in total. The van der Waals surface area contributed by atoms with E-state index in [2.05, 4.69) is 24.5 Å². The highest BCUT2D eigenvalue weighted by molar-refractivity contribution is 5.78. The third-order valence-electron chi connectivity index (χ3n) is 2.90. The van der Waals surface area contributed by atoms with E-state index in [1.54, 1.807) is 0 Å². The van der Waals surface area contributed by atoms with E-state index in [1.165, 1.54) is 0 Å². The molecule has 0 radical (unpaired) electrons. The monoisotopic (exact) mass is 228 g/mol. The van der Waals surface area contributed by atoms with Crippen molar-refractivity contribution < 1.29 is 9.53 Å². The molecular formula is C12H24N2O2. The van der Waals surface area contributed by atoms with Gasteiger partial charge in [0, 0.05) is 25.3 Å². The highest BCUT2D eigenvalue weighted by Crippen LogP contribution is 2.05. The molecule has 16 heavy (non-hydrogen) atoms. The lowest BCUT2D eigenvalue weighted by atomic mass is 10.1. The van der Waals surface area contributed by atoms with Crippen molar-refractivity contribution in [1.82, 2.24) is 10.6 Å². The van der Waals surface area contributed by atoms with E-state index < -0.39 is 0 Å². The van der Waals surface area contributed by atoms with Crippen LogP contribution in [0.2, 0.25) is 0 Å². The van der Waals surface area contributed by atoms with Crippen molar-refractivity contribution in [3.8, 4) is 0 Å². The van der Waals surface area contributed by atoms with Gasteiger partial charge in [0.05, 0.1) is 6.54 Å². The van der Waals surface area contributed by atoms with Crippen molar-refractivity contribution in [2.75, 3.05) is 19.8 Å². The van der Waals surface area contributed by atoms with Gasteiger partial charge in [0.25, 0.3) is 0 Å². The van der Waals surface area contributed by atoms with Crippen molar-refractivity contribution in [2.45, 2.75) is 51.6 Å². The lowest BCUT2D eigenvalue weighted by Gasteiger charge is -2.23. The lowest BCUT2D eigenvalue weighted by molar-refractivity contribution is -0.121. The van der Waals surface area contributed by atoms with Crippen molar-refractivity contribution in [2.24, 2.45) is 0 Å². The third-order valence-corrected chi connectivity index (χ3v) is 2.90. The molecule has 0 aromatic rings. The molecule has 1 fully saturated rings. The largest absolute Gasteiger partial charge is 0.381 e. The third kappa shape index (κ3) is 5.47. The minimum Gasteiger partial charge on any atom is -0.381 e. The minimum atomic E-state index is 0.104. The molecule has 0 aromatic carbocycles. The number of carbonyl (C=O) groups excluding carboxylic acids is 1. The molecule has 0 bridgehead atoms. The highest BCUT2D eigenvalue weighted by Gasteiger charge is 2.14. The Morgan fingerprint density at radius 3 is 2.75 bits per heavy atom. The summed E-state index contributed by atoms with van der Waals surface area (Å²) in [5, 5.41) is 6.26. The lowest BCUT2D eigenvalue weighted by Crippen LogP contribution is -2.43. The van der Waals surface area contributed by atoms with E-state index in [1.807, 2.05) is 0 Å². The Bertz CT molecular complexity index is 203. The normalized spacial score (nSPS) is 19.4. The van der Waals surface area contributed by atoms with E-state index in [-0.39, 0.29) is 11.9 Å². The Morgan fingerprint density at radius 2 is 2.12 bits per heavy atom. The molecule has 1 amide bonds. The molecule has 1 rings (SSSR count). The number of rotatable bonds is 6. The SMILES string of the molecule is CCCC(C)NC(=O)CNC1CCOCC1. The maximum absolute atomic E-state index is 11.6. The van der Waals surface area contributed by atoms with Gasteiger partial charge in [0.2, 0.25) is 5.91 Å². The quantitative estimate of drug-likeness (QED) is 0.714. The first kappa shape index (κ1) is 13.5. The van der Waals surface area contributed by atoms with Gasteiger partial charge in [-0.05, 0) is 26.2 Å². The van der Waals surface area contributed by atoms with Crippen molar-refractivity contribution in [3.05, 3.63) is 0 Å². The Labute approximate surface area is 98.1 Å². The molecule has 1 aliphatic heterocycles. The molecule has 4 nitrogen and oxygen atoms in total. The van der Waals surface area contributed by atoms with Gasteiger partial charge in [0.15, 0.2) is 0 Å². The zero-order valence-electron chi connectivity index (χ0n) is 10.4. The average molecular weight is 228 g/mol. The zero-order valence-corrected chi connectivity index (χ0v) is 10.4. The summed E-state index contributed by atoms with van der Waals surface area (Å²) in [4.78, 5) is 11.6. The fourth-order valence-electron chi connectivity index (χ4n) is 1.97. The molecule has 94 valence electrons. The van der Waals surface area contributed by atoms with Crippen molar-refractivity contribution >= 4 is 5.91 Å². The van der Waals surface area contributed by atoms with Crippen LogP contribution in [-0.2, 0) is 9.53 Å². The molecule has 1 saturated heterocycles. The minimum absolute atomic E-state index is 0.104. The summed E-state index contributed by atoms with van der Waals surface area (Å²) in [5.41, 5.74) is 0. The van der Waals surface area contributed by atoms with Crippen molar-refractivity contribution in [1.29, 1.82) is 0 Å². The van der Waals surface area contributed by atoms with Crippen molar-refractivity contribution in [3.63, 3.8) is 0 Å². The molecule has 4 heteroatoms. The van der Waals surface area contributed by atoms with Gasteiger partial charge in [0.1, 0.15) is 0 Å². The maximum atomic E-state index is 11.6. The fraction of sp³-hybridized carbons (Fsp3) is 0.917. The number of hydrogen-bond donors (Lipinski definition) is 2. The fourth-order valence-corrected chi connectivity index (χ4v) is 1.97. The Morgan fingerprint density at radius 1 is 1.44 bits per heavy atom. The van der Waals surface area contributed by atoms with Crippen LogP contribution in [0.1, 0.15) is 39.5 Å². The van der Waals surface area contributed by atoms with Gasteiger partial charge in [-0.25, -0.2) is 0 Å². The molecule has 0 saturated carbocycles. The van der Waals surface area contributed by atoms with Gasteiger partial charge in [-0.1, -0.05) is 13.3 Å². The van der Waals surface area contributed by atoms with Crippen LogP contribution in [-0.4, -0.2) is 37.7 Å². The van der Waals surface area contributed by atoms with Gasteiger partial charge in [-0.15, -0.1) is 0 Å². The second kappa shape index (κ2) is 7.63. The second-order valence-electron chi connectivity index (χ2n) is 4.52. The maximum Gasteiger partial charge on any atom is 0.234 e. The predicted molar refractivity (Wildman–Crippen MR) is 64.4 cm³/mol. The first-order valence-electron chi connectivity index (χ1n) is 6.33. The molecule has 1 heterocycles. The van der Waals surface area contributed by atoms with Gasteiger partial charge in [-0.3, -0.25) is 4.79 Å². The number of carbonyl (C=O) groups is 1. The summed E-state index contributed by atoms with van der Waals surface area (Å²) in [6.45, 7) is 6.23. The van der Waals surface area contributed by atoms with Crippen LogP contribution in [0.3, 0.4) is 0 Å². The topological polar surface area (TPSA) is 50.4 Å². The summed E-state index contributed by atoms with van der Waals surface area (Å²) in [6.07, 6.45) is 4.17. The molecule has 1 atom stereocenters. The molecule has 0 aliphatic carbocycles. The van der Waals surface area contributed by atoms with Gasteiger partial charge in [-0.2, -0.15) is 0 Å². The number of nitrogens with one attached hydrogen (secondary N) is 2.